The normalized spacial score (nSPS) is 13.1. The molecule has 0 aliphatic rings. The Kier molecular flexibility index (Phi) is 2.44. The van der Waals surface area contributed by atoms with E-state index in [0.29, 0.717) is 3.92 Å². The number of halogens is 1. The van der Waals surface area contributed by atoms with E-state index < -0.39 is 0 Å². The summed E-state index contributed by atoms with van der Waals surface area (Å²) in [5.41, 5.74) is 2.98. The van der Waals surface area contributed by atoms with E-state index in [0.717, 1.165) is 16.7 Å². The fourth-order valence-electron chi connectivity index (χ4n) is 1.16. The monoisotopic (exact) mass is 284 g/mol. The fraction of sp³-hybridized carbons (Fsp3) is 0.200. The van der Waals surface area contributed by atoms with Gasteiger partial charge in [-0.3, -0.25) is 4.98 Å². The highest BCUT2D eigenvalue weighted by molar-refractivity contribution is 14.1. The Balaban J connectivity index is 2.62. The highest BCUT2D eigenvalue weighted by atomic mass is 127. The molecule has 1 aromatic heterocycles. The second-order valence-electron chi connectivity index (χ2n) is 2.90. The second kappa shape index (κ2) is 3.57. The van der Waals surface area contributed by atoms with Gasteiger partial charge >= 0.3 is 0 Å². The molecule has 66 valence electrons. The lowest BCUT2D eigenvalue weighted by molar-refractivity contribution is 1.04. The number of fused-ring (bicyclic) bond motifs is 1. The Bertz CT molecular complexity index is 426. The lowest BCUT2D eigenvalue weighted by atomic mass is 10.3. The molecule has 0 fully saturated rings. The molecule has 1 atom stereocenters. The van der Waals surface area contributed by atoms with E-state index in [2.05, 4.69) is 39.5 Å². The maximum Gasteiger partial charge on any atom is 0.0890 e. The van der Waals surface area contributed by atoms with Crippen molar-refractivity contribution in [2.45, 2.75) is 10.8 Å². The van der Waals surface area contributed by atoms with Gasteiger partial charge in [0.15, 0.2) is 0 Å². The largest absolute Gasteiger partial charge is 0.253 e. The first kappa shape index (κ1) is 8.87. The Morgan fingerprint density at radius 1 is 1.23 bits per heavy atom. The summed E-state index contributed by atoms with van der Waals surface area (Å²) in [6.45, 7) is 2.11. The van der Waals surface area contributed by atoms with E-state index in [1.807, 2.05) is 30.5 Å². The lowest BCUT2D eigenvalue weighted by Gasteiger charge is -2.02. The zero-order chi connectivity index (χ0) is 9.26. The number of benzene rings is 1. The summed E-state index contributed by atoms with van der Waals surface area (Å²) >= 11 is 2.34. The number of para-hydroxylation sites is 2. The van der Waals surface area contributed by atoms with E-state index in [1.54, 1.807) is 0 Å². The van der Waals surface area contributed by atoms with Crippen LogP contribution in [0.1, 0.15) is 16.5 Å². The third-order valence-electron chi connectivity index (χ3n) is 1.87. The molecule has 1 unspecified atom stereocenters. The standard InChI is InChI=1S/C10H9IN2/c1-7(11)10-6-12-8-4-2-3-5-9(8)13-10/h2-7H,1H3. The van der Waals surface area contributed by atoms with Gasteiger partial charge in [0.2, 0.25) is 0 Å². The average molecular weight is 284 g/mol. The van der Waals surface area contributed by atoms with Crippen molar-refractivity contribution >= 4 is 33.6 Å². The van der Waals surface area contributed by atoms with Crippen molar-refractivity contribution in [3.05, 3.63) is 36.2 Å². The summed E-state index contributed by atoms with van der Waals surface area (Å²) in [7, 11) is 0. The Labute approximate surface area is 90.5 Å². The maximum absolute atomic E-state index is 4.50. The van der Waals surface area contributed by atoms with E-state index >= 15 is 0 Å². The molecule has 2 nitrogen and oxygen atoms in total. The molecule has 0 bridgehead atoms. The van der Waals surface area contributed by atoms with Crippen LogP contribution in [0.2, 0.25) is 0 Å². The van der Waals surface area contributed by atoms with Gasteiger partial charge in [-0.25, -0.2) is 4.98 Å². The van der Waals surface area contributed by atoms with Gasteiger partial charge < -0.3 is 0 Å². The molecule has 3 heteroatoms. The number of hydrogen-bond acceptors (Lipinski definition) is 2. The van der Waals surface area contributed by atoms with E-state index in [1.165, 1.54) is 0 Å². The molecule has 0 aliphatic carbocycles. The third-order valence-corrected chi connectivity index (χ3v) is 2.51. The van der Waals surface area contributed by atoms with E-state index in [9.17, 15) is 0 Å². The van der Waals surface area contributed by atoms with Crippen molar-refractivity contribution in [1.29, 1.82) is 0 Å². The van der Waals surface area contributed by atoms with Gasteiger partial charge in [-0.15, -0.1) is 0 Å². The molecule has 0 saturated heterocycles. The number of alkyl halides is 1. The number of nitrogens with zero attached hydrogens (tertiary/aromatic N) is 2. The molecule has 0 saturated carbocycles. The van der Waals surface area contributed by atoms with Gasteiger partial charge in [-0.2, -0.15) is 0 Å². The van der Waals surface area contributed by atoms with Gasteiger partial charge in [0.1, 0.15) is 0 Å². The minimum absolute atomic E-state index is 0.412. The summed E-state index contributed by atoms with van der Waals surface area (Å²) in [6.07, 6.45) is 1.85. The van der Waals surface area contributed by atoms with Crippen LogP contribution < -0.4 is 0 Å². The Morgan fingerprint density at radius 3 is 2.62 bits per heavy atom. The van der Waals surface area contributed by atoms with Crippen molar-refractivity contribution in [3.8, 4) is 0 Å². The zero-order valence-electron chi connectivity index (χ0n) is 7.24. The topological polar surface area (TPSA) is 25.8 Å². The number of hydrogen-bond donors (Lipinski definition) is 0. The van der Waals surface area contributed by atoms with Crippen LogP contribution in [0.4, 0.5) is 0 Å². The molecule has 0 amide bonds. The van der Waals surface area contributed by atoms with E-state index in [-0.39, 0.29) is 0 Å². The highest BCUT2D eigenvalue weighted by Crippen LogP contribution is 2.20. The maximum atomic E-state index is 4.50. The smallest absolute Gasteiger partial charge is 0.0890 e. The average Bonchev–Trinajstić information content (AvgIpc) is 2.17. The first-order chi connectivity index (χ1) is 6.27. The van der Waals surface area contributed by atoms with Crippen LogP contribution in [-0.4, -0.2) is 9.97 Å². The number of rotatable bonds is 1. The predicted molar refractivity (Wildman–Crippen MR) is 62.0 cm³/mol. The fourth-order valence-corrected chi connectivity index (χ4v) is 1.46. The quantitative estimate of drug-likeness (QED) is 0.594. The highest BCUT2D eigenvalue weighted by Gasteiger charge is 2.03. The molecule has 0 spiro atoms. The van der Waals surface area contributed by atoms with Gasteiger partial charge in [0.05, 0.1) is 26.8 Å². The minimum atomic E-state index is 0.412. The molecule has 1 heterocycles. The lowest BCUT2D eigenvalue weighted by Crippen LogP contribution is -1.92. The summed E-state index contributed by atoms with van der Waals surface area (Å²) in [6, 6.07) is 7.93. The third kappa shape index (κ3) is 1.80. The van der Waals surface area contributed by atoms with Crippen molar-refractivity contribution in [3.63, 3.8) is 0 Å². The van der Waals surface area contributed by atoms with Gasteiger partial charge in [-0.05, 0) is 19.1 Å². The van der Waals surface area contributed by atoms with Gasteiger partial charge in [-0.1, -0.05) is 34.7 Å². The summed E-state index contributed by atoms with van der Waals surface area (Å²) in [4.78, 5) is 8.84. The molecule has 1 aromatic carbocycles. The summed E-state index contributed by atoms with van der Waals surface area (Å²) < 4.78 is 0.412. The number of aromatic nitrogens is 2. The van der Waals surface area contributed by atoms with Crippen LogP contribution in [-0.2, 0) is 0 Å². The van der Waals surface area contributed by atoms with Crippen LogP contribution in [0.15, 0.2) is 30.5 Å². The van der Waals surface area contributed by atoms with Crippen LogP contribution in [0.3, 0.4) is 0 Å². The summed E-state index contributed by atoms with van der Waals surface area (Å²) in [5, 5.41) is 0. The molecule has 13 heavy (non-hydrogen) atoms. The molecular weight excluding hydrogens is 275 g/mol. The van der Waals surface area contributed by atoms with Crippen molar-refractivity contribution in [2.75, 3.05) is 0 Å². The Morgan fingerprint density at radius 2 is 1.92 bits per heavy atom. The van der Waals surface area contributed by atoms with E-state index in [4.69, 9.17) is 0 Å². The molecule has 0 radical (unpaired) electrons. The second-order valence-corrected chi connectivity index (χ2v) is 4.77. The molecule has 0 aliphatic heterocycles. The van der Waals surface area contributed by atoms with Crippen molar-refractivity contribution in [1.82, 2.24) is 9.97 Å². The van der Waals surface area contributed by atoms with Crippen LogP contribution >= 0.6 is 22.6 Å². The van der Waals surface area contributed by atoms with Crippen LogP contribution in [0.5, 0.6) is 0 Å². The van der Waals surface area contributed by atoms with Gasteiger partial charge in [0, 0.05) is 0 Å². The summed E-state index contributed by atoms with van der Waals surface area (Å²) in [5.74, 6) is 0. The predicted octanol–water partition coefficient (Wildman–Crippen LogP) is 3.13. The van der Waals surface area contributed by atoms with Gasteiger partial charge in [0.25, 0.3) is 0 Å². The zero-order valence-corrected chi connectivity index (χ0v) is 9.39. The van der Waals surface area contributed by atoms with Crippen molar-refractivity contribution < 1.29 is 0 Å². The Hall–Kier alpha value is -0.710. The minimum Gasteiger partial charge on any atom is -0.253 e. The van der Waals surface area contributed by atoms with Crippen LogP contribution in [0, 0.1) is 0 Å². The molecule has 0 N–H and O–H groups in total. The van der Waals surface area contributed by atoms with Crippen molar-refractivity contribution in [2.24, 2.45) is 0 Å². The first-order valence-corrected chi connectivity index (χ1v) is 5.37. The first-order valence-electron chi connectivity index (χ1n) is 4.13. The molecule has 2 aromatic rings. The molecular formula is C10H9IN2. The SMILES string of the molecule is CC(I)c1cnc2ccccc2n1. The molecule has 2 rings (SSSR count). The van der Waals surface area contributed by atoms with Crippen LogP contribution in [0.25, 0.3) is 11.0 Å².